The van der Waals surface area contributed by atoms with Crippen LogP contribution in [0, 0.1) is 0 Å². The summed E-state index contributed by atoms with van der Waals surface area (Å²) in [6, 6.07) is 8.80. The van der Waals surface area contributed by atoms with Gasteiger partial charge in [-0.05, 0) is 25.5 Å². The number of rotatable bonds is 7. The molecule has 1 aromatic rings. The second-order valence-electron chi connectivity index (χ2n) is 4.31. The molecular formula is C14H21N3O2. The van der Waals surface area contributed by atoms with Gasteiger partial charge in [-0.1, -0.05) is 25.1 Å². The van der Waals surface area contributed by atoms with Crippen LogP contribution in [0.4, 0.5) is 5.69 Å². The zero-order valence-corrected chi connectivity index (χ0v) is 11.4. The smallest absolute Gasteiger partial charge is 0.241 e. The summed E-state index contributed by atoms with van der Waals surface area (Å²) in [4.78, 5) is 23.2. The van der Waals surface area contributed by atoms with E-state index in [2.05, 4.69) is 16.0 Å². The number of para-hydroxylation sites is 1. The minimum absolute atomic E-state index is 0.0961. The summed E-state index contributed by atoms with van der Waals surface area (Å²) >= 11 is 0. The molecular weight excluding hydrogens is 242 g/mol. The summed E-state index contributed by atoms with van der Waals surface area (Å²) in [5.41, 5.74) is 0.747. The highest BCUT2D eigenvalue weighted by molar-refractivity contribution is 5.94. The van der Waals surface area contributed by atoms with Gasteiger partial charge >= 0.3 is 0 Å². The maximum atomic E-state index is 11.8. The maximum absolute atomic E-state index is 11.8. The van der Waals surface area contributed by atoms with E-state index in [0.29, 0.717) is 6.54 Å². The maximum Gasteiger partial charge on any atom is 0.241 e. The number of carbonyl (C=O) groups excluding carboxylic acids is 2. The van der Waals surface area contributed by atoms with Gasteiger partial charge in [0, 0.05) is 12.2 Å². The monoisotopic (exact) mass is 263 g/mol. The van der Waals surface area contributed by atoms with Crippen LogP contribution in [-0.2, 0) is 9.59 Å². The summed E-state index contributed by atoms with van der Waals surface area (Å²) in [7, 11) is 0. The minimum Gasteiger partial charge on any atom is -0.355 e. The molecule has 5 nitrogen and oxygen atoms in total. The highest BCUT2D eigenvalue weighted by Crippen LogP contribution is 2.05. The summed E-state index contributed by atoms with van der Waals surface area (Å²) < 4.78 is 0. The van der Waals surface area contributed by atoms with Gasteiger partial charge in [0.1, 0.15) is 0 Å². The molecule has 104 valence electrons. The Morgan fingerprint density at radius 3 is 2.53 bits per heavy atom. The first kappa shape index (κ1) is 15.2. The van der Waals surface area contributed by atoms with Gasteiger partial charge < -0.3 is 10.6 Å². The molecule has 0 radical (unpaired) electrons. The lowest BCUT2D eigenvalue weighted by Gasteiger charge is -2.13. The lowest BCUT2D eigenvalue weighted by molar-refractivity contribution is -0.121. The first-order valence-electron chi connectivity index (χ1n) is 6.49. The largest absolute Gasteiger partial charge is 0.355 e. The third-order valence-corrected chi connectivity index (χ3v) is 2.58. The van der Waals surface area contributed by atoms with Gasteiger partial charge in [0.2, 0.25) is 11.8 Å². The van der Waals surface area contributed by atoms with Gasteiger partial charge in [0.05, 0.1) is 12.6 Å². The predicted molar refractivity (Wildman–Crippen MR) is 75.8 cm³/mol. The zero-order chi connectivity index (χ0) is 14.1. The van der Waals surface area contributed by atoms with Crippen LogP contribution in [0.5, 0.6) is 0 Å². The zero-order valence-electron chi connectivity index (χ0n) is 11.4. The fourth-order valence-corrected chi connectivity index (χ4v) is 1.44. The van der Waals surface area contributed by atoms with E-state index in [0.717, 1.165) is 12.1 Å². The normalized spacial score (nSPS) is 11.7. The molecule has 1 aromatic carbocycles. The van der Waals surface area contributed by atoms with Crippen molar-refractivity contribution in [3.05, 3.63) is 30.3 Å². The standard InChI is InChI=1S/C14H21N3O2/c1-3-9-15-13(18)10-16-11(2)14(19)17-12-7-5-4-6-8-12/h4-8,11,16H,3,9-10H2,1-2H3,(H,15,18)(H,17,19). The van der Waals surface area contributed by atoms with Gasteiger partial charge in [-0.15, -0.1) is 0 Å². The molecule has 2 amide bonds. The molecule has 0 saturated heterocycles. The predicted octanol–water partition coefficient (Wildman–Crippen LogP) is 1.13. The fraction of sp³-hybridized carbons (Fsp3) is 0.429. The topological polar surface area (TPSA) is 70.2 Å². The Morgan fingerprint density at radius 1 is 1.21 bits per heavy atom. The molecule has 1 rings (SSSR count). The number of nitrogens with one attached hydrogen (secondary N) is 3. The Kier molecular flexibility index (Phi) is 6.60. The Morgan fingerprint density at radius 2 is 1.89 bits per heavy atom. The molecule has 0 fully saturated rings. The van der Waals surface area contributed by atoms with Gasteiger partial charge in [0.25, 0.3) is 0 Å². The quantitative estimate of drug-likeness (QED) is 0.690. The van der Waals surface area contributed by atoms with Crippen molar-refractivity contribution < 1.29 is 9.59 Å². The number of anilines is 1. The molecule has 0 bridgehead atoms. The molecule has 0 aliphatic rings. The molecule has 5 heteroatoms. The summed E-state index contributed by atoms with van der Waals surface area (Å²) in [6.07, 6.45) is 0.899. The molecule has 19 heavy (non-hydrogen) atoms. The van der Waals surface area contributed by atoms with Gasteiger partial charge in [-0.25, -0.2) is 0 Å². The van der Waals surface area contributed by atoms with Crippen LogP contribution >= 0.6 is 0 Å². The summed E-state index contributed by atoms with van der Waals surface area (Å²) in [6.45, 7) is 4.52. The highest BCUT2D eigenvalue weighted by Gasteiger charge is 2.13. The van der Waals surface area contributed by atoms with Crippen LogP contribution in [0.1, 0.15) is 20.3 Å². The fourth-order valence-electron chi connectivity index (χ4n) is 1.44. The van der Waals surface area contributed by atoms with Gasteiger partial charge in [0.15, 0.2) is 0 Å². The van der Waals surface area contributed by atoms with Crippen molar-refractivity contribution in [2.24, 2.45) is 0 Å². The first-order valence-corrected chi connectivity index (χ1v) is 6.49. The second-order valence-corrected chi connectivity index (χ2v) is 4.31. The van der Waals surface area contributed by atoms with Crippen molar-refractivity contribution in [1.82, 2.24) is 10.6 Å². The molecule has 0 aliphatic carbocycles. The van der Waals surface area contributed by atoms with Crippen molar-refractivity contribution in [3.8, 4) is 0 Å². The Hall–Kier alpha value is -1.88. The number of hydrogen-bond acceptors (Lipinski definition) is 3. The lowest BCUT2D eigenvalue weighted by Crippen LogP contribution is -2.43. The number of amides is 2. The van der Waals surface area contributed by atoms with E-state index in [9.17, 15) is 9.59 Å². The van der Waals surface area contributed by atoms with E-state index in [-0.39, 0.29) is 18.4 Å². The van der Waals surface area contributed by atoms with Crippen molar-refractivity contribution >= 4 is 17.5 Å². The first-order chi connectivity index (χ1) is 9.13. The van der Waals surface area contributed by atoms with Crippen LogP contribution in [0.3, 0.4) is 0 Å². The third kappa shape index (κ3) is 6.01. The van der Waals surface area contributed by atoms with Crippen LogP contribution in [0.15, 0.2) is 30.3 Å². The summed E-state index contributed by atoms with van der Waals surface area (Å²) in [5.74, 6) is -0.254. The van der Waals surface area contributed by atoms with Crippen LogP contribution < -0.4 is 16.0 Å². The lowest BCUT2D eigenvalue weighted by atomic mass is 10.2. The minimum atomic E-state index is -0.424. The Balaban J connectivity index is 2.31. The SMILES string of the molecule is CCCNC(=O)CNC(C)C(=O)Nc1ccccc1. The van der Waals surface area contributed by atoms with Crippen LogP contribution in [0.2, 0.25) is 0 Å². The summed E-state index contributed by atoms with van der Waals surface area (Å²) in [5, 5.41) is 8.41. The van der Waals surface area contributed by atoms with Crippen LogP contribution in [-0.4, -0.2) is 30.9 Å². The third-order valence-electron chi connectivity index (χ3n) is 2.58. The van der Waals surface area contributed by atoms with Crippen LogP contribution in [0.25, 0.3) is 0 Å². The van der Waals surface area contributed by atoms with Gasteiger partial charge in [-0.3, -0.25) is 14.9 Å². The van der Waals surface area contributed by atoms with Crippen molar-refractivity contribution in [2.75, 3.05) is 18.4 Å². The molecule has 1 unspecified atom stereocenters. The Labute approximate surface area is 113 Å². The molecule has 3 N–H and O–H groups in total. The number of hydrogen-bond donors (Lipinski definition) is 3. The molecule has 1 atom stereocenters. The molecule has 0 heterocycles. The average Bonchev–Trinajstić information content (AvgIpc) is 2.43. The molecule has 0 aromatic heterocycles. The van der Waals surface area contributed by atoms with Crippen molar-refractivity contribution in [1.29, 1.82) is 0 Å². The van der Waals surface area contributed by atoms with E-state index >= 15 is 0 Å². The average molecular weight is 263 g/mol. The molecule has 0 spiro atoms. The highest BCUT2D eigenvalue weighted by atomic mass is 16.2. The van der Waals surface area contributed by atoms with Gasteiger partial charge in [-0.2, -0.15) is 0 Å². The van der Waals surface area contributed by atoms with E-state index in [4.69, 9.17) is 0 Å². The van der Waals surface area contributed by atoms with E-state index < -0.39 is 6.04 Å². The molecule has 0 saturated carbocycles. The van der Waals surface area contributed by atoms with Crippen molar-refractivity contribution in [3.63, 3.8) is 0 Å². The van der Waals surface area contributed by atoms with E-state index in [1.165, 1.54) is 0 Å². The van der Waals surface area contributed by atoms with Crippen molar-refractivity contribution in [2.45, 2.75) is 26.3 Å². The molecule has 0 aliphatic heterocycles. The second kappa shape index (κ2) is 8.26. The number of carbonyl (C=O) groups is 2. The van der Waals surface area contributed by atoms with E-state index in [1.807, 2.05) is 37.3 Å². The van der Waals surface area contributed by atoms with E-state index in [1.54, 1.807) is 6.92 Å². The number of benzene rings is 1. The Bertz CT molecular complexity index is 406.